The Morgan fingerprint density at radius 3 is 2.57 bits per heavy atom. The molecule has 2 aliphatic rings. The number of benzene rings is 2. The van der Waals surface area contributed by atoms with Gasteiger partial charge in [-0.15, -0.1) is 0 Å². The molecule has 2 heterocycles. The maximum Gasteiger partial charge on any atom is 0.342 e. The smallest absolute Gasteiger partial charge is 0.342 e. The Kier molecular flexibility index (Phi) is 7.24. The Labute approximate surface area is 212 Å². The van der Waals surface area contributed by atoms with Crippen molar-refractivity contribution in [2.24, 2.45) is 0 Å². The minimum absolute atomic E-state index is 0.0598. The molecule has 13 heteroatoms. The van der Waals surface area contributed by atoms with Gasteiger partial charge in [0.2, 0.25) is 0 Å². The SMILES string of the molecule is BC1(B)OC2CN(C(=O)c3ccc(OC(C)C(F)(F)C(F)F)c(OC)c3)CC[C@]2(c2cccc(F)c2)O1. The van der Waals surface area contributed by atoms with Gasteiger partial charge >= 0.3 is 12.3 Å². The first-order valence-corrected chi connectivity index (χ1v) is 11.7. The van der Waals surface area contributed by atoms with E-state index in [2.05, 4.69) is 0 Å². The van der Waals surface area contributed by atoms with E-state index >= 15 is 0 Å². The average molecular weight is 525 g/mol. The lowest BCUT2D eigenvalue weighted by Gasteiger charge is -2.42. The maximum absolute atomic E-state index is 14.0. The summed E-state index contributed by atoms with van der Waals surface area (Å²) in [6, 6.07) is 9.97. The minimum atomic E-state index is -4.38. The Balaban J connectivity index is 1.54. The van der Waals surface area contributed by atoms with Gasteiger partial charge in [0.1, 0.15) is 17.5 Å². The number of nitrogens with zero attached hydrogens (tertiary/aromatic N) is 1. The van der Waals surface area contributed by atoms with Crippen molar-refractivity contribution < 1.29 is 45.7 Å². The number of amides is 1. The van der Waals surface area contributed by atoms with Crippen molar-refractivity contribution in [2.45, 2.75) is 49.1 Å². The number of ether oxygens (including phenoxy) is 4. The van der Waals surface area contributed by atoms with E-state index in [1.165, 1.54) is 37.4 Å². The largest absolute Gasteiger partial charge is 0.493 e. The Hall–Kier alpha value is -2.79. The highest BCUT2D eigenvalue weighted by Gasteiger charge is 2.56. The molecule has 198 valence electrons. The molecular formula is C24H26B2F5NO5. The summed E-state index contributed by atoms with van der Waals surface area (Å²) in [6.07, 6.45) is -6.28. The van der Waals surface area contributed by atoms with E-state index in [0.717, 1.165) is 6.92 Å². The van der Waals surface area contributed by atoms with Crippen LogP contribution in [0.25, 0.3) is 0 Å². The molecule has 0 aromatic heterocycles. The number of methoxy groups -OCH3 is 1. The molecule has 0 saturated carbocycles. The van der Waals surface area contributed by atoms with E-state index in [0.29, 0.717) is 12.0 Å². The third-order valence-electron chi connectivity index (χ3n) is 6.66. The van der Waals surface area contributed by atoms with Crippen molar-refractivity contribution >= 4 is 21.6 Å². The summed E-state index contributed by atoms with van der Waals surface area (Å²) in [5, 5.41) is 0. The molecule has 1 amide bonds. The van der Waals surface area contributed by atoms with E-state index < -0.39 is 47.5 Å². The lowest BCUT2D eigenvalue weighted by atomic mass is 9.76. The first-order valence-electron chi connectivity index (χ1n) is 11.7. The molecule has 37 heavy (non-hydrogen) atoms. The molecule has 4 rings (SSSR count). The van der Waals surface area contributed by atoms with Crippen molar-refractivity contribution in [1.29, 1.82) is 0 Å². The number of hydrogen-bond acceptors (Lipinski definition) is 5. The number of halogens is 5. The van der Waals surface area contributed by atoms with Crippen LogP contribution in [-0.4, -0.2) is 76.8 Å². The molecule has 0 N–H and O–H groups in total. The van der Waals surface area contributed by atoms with E-state index in [4.69, 9.17) is 18.9 Å². The topological polar surface area (TPSA) is 57.2 Å². The first-order chi connectivity index (χ1) is 17.3. The predicted molar refractivity (Wildman–Crippen MR) is 128 cm³/mol. The Bertz CT molecular complexity index is 1170. The quantitative estimate of drug-likeness (QED) is 0.411. The van der Waals surface area contributed by atoms with Gasteiger partial charge in [0.05, 0.1) is 19.2 Å². The minimum Gasteiger partial charge on any atom is -0.493 e. The molecule has 2 unspecified atom stereocenters. The summed E-state index contributed by atoms with van der Waals surface area (Å²) >= 11 is 0. The van der Waals surface area contributed by atoms with E-state index in [1.54, 1.807) is 32.7 Å². The van der Waals surface area contributed by atoms with Crippen LogP contribution >= 0.6 is 0 Å². The van der Waals surface area contributed by atoms with E-state index in [1.807, 2.05) is 0 Å². The van der Waals surface area contributed by atoms with Crippen molar-refractivity contribution in [3.05, 3.63) is 59.4 Å². The Morgan fingerprint density at radius 2 is 1.92 bits per heavy atom. The molecule has 0 aliphatic carbocycles. The van der Waals surface area contributed by atoms with E-state index in [-0.39, 0.29) is 30.2 Å². The molecule has 2 saturated heterocycles. The molecule has 2 aromatic carbocycles. The zero-order chi connectivity index (χ0) is 27.2. The highest BCUT2D eigenvalue weighted by molar-refractivity contribution is 6.38. The molecular weight excluding hydrogens is 499 g/mol. The number of carbonyl (C=O) groups excluding carboxylic acids is 1. The number of fused-ring (bicyclic) bond motifs is 1. The van der Waals surface area contributed by atoms with E-state index in [9.17, 15) is 26.7 Å². The highest BCUT2D eigenvalue weighted by Crippen LogP contribution is 2.47. The fraction of sp³-hybridized carbons (Fsp3) is 0.458. The van der Waals surface area contributed by atoms with Gasteiger partial charge in [0.25, 0.3) is 5.91 Å². The van der Waals surface area contributed by atoms with Crippen LogP contribution < -0.4 is 9.47 Å². The second kappa shape index (κ2) is 9.83. The number of alkyl halides is 4. The first kappa shape index (κ1) is 27.3. The molecule has 0 bridgehead atoms. The van der Waals surface area contributed by atoms with Crippen molar-refractivity contribution in [2.75, 3.05) is 20.2 Å². The van der Waals surface area contributed by atoms with Gasteiger partial charge in [-0.3, -0.25) is 4.79 Å². The van der Waals surface area contributed by atoms with Gasteiger partial charge in [0.15, 0.2) is 33.3 Å². The summed E-state index contributed by atoms with van der Waals surface area (Å²) < 4.78 is 89.2. The molecule has 2 aliphatic heterocycles. The fourth-order valence-corrected chi connectivity index (χ4v) is 4.81. The zero-order valence-corrected chi connectivity index (χ0v) is 20.8. The number of likely N-dealkylation sites (tertiary alicyclic amines) is 1. The van der Waals surface area contributed by atoms with Crippen LogP contribution in [0.15, 0.2) is 42.5 Å². The van der Waals surface area contributed by atoms with Gasteiger partial charge in [-0.05, 0) is 42.8 Å². The van der Waals surface area contributed by atoms with Gasteiger partial charge in [0, 0.05) is 18.5 Å². The maximum atomic E-state index is 14.0. The molecule has 0 spiro atoms. The van der Waals surface area contributed by atoms with Crippen LogP contribution in [0, 0.1) is 5.82 Å². The average Bonchev–Trinajstić information content (AvgIpc) is 3.13. The third kappa shape index (κ3) is 5.16. The summed E-state index contributed by atoms with van der Waals surface area (Å²) in [6.45, 7) is 1.24. The standard InChI is InChI=1S/C24H26B2F5NO5/c1-13(23(30,31)21(28)29)35-17-7-6-14(10-18(17)34-2)20(33)32-9-8-22(15-4-3-5-16(27)11-15)19(12-32)36-24(25,26)37-22/h3-7,10-11,13,19,21H,8-9,12,25-26H2,1-2H3/t13?,19?,22-/m1/s1. The van der Waals surface area contributed by atoms with Crippen molar-refractivity contribution in [3.63, 3.8) is 0 Å². The predicted octanol–water partition coefficient (Wildman–Crippen LogP) is 2.54. The van der Waals surface area contributed by atoms with Gasteiger partial charge in [-0.2, -0.15) is 8.78 Å². The van der Waals surface area contributed by atoms with Crippen LogP contribution in [-0.2, 0) is 15.1 Å². The van der Waals surface area contributed by atoms with Crippen molar-refractivity contribution in [1.82, 2.24) is 4.90 Å². The van der Waals surface area contributed by atoms with Gasteiger partial charge in [-0.25, -0.2) is 13.2 Å². The fourth-order valence-electron chi connectivity index (χ4n) is 4.81. The van der Waals surface area contributed by atoms with Crippen LogP contribution in [0.1, 0.15) is 29.3 Å². The van der Waals surface area contributed by atoms with Gasteiger partial charge in [-0.1, -0.05) is 12.1 Å². The summed E-state index contributed by atoms with van der Waals surface area (Å²) in [7, 11) is 4.74. The lowest BCUT2D eigenvalue weighted by molar-refractivity contribution is -0.178. The number of hydrogen-bond donors (Lipinski definition) is 0. The molecule has 3 atom stereocenters. The number of piperidine rings is 1. The zero-order valence-electron chi connectivity index (χ0n) is 20.8. The highest BCUT2D eigenvalue weighted by atomic mass is 19.3. The van der Waals surface area contributed by atoms with Crippen LogP contribution in [0.5, 0.6) is 11.5 Å². The summed E-state index contributed by atoms with van der Waals surface area (Å²) in [5.74, 6) is -5.44. The second-order valence-corrected chi connectivity index (χ2v) is 9.61. The molecule has 0 radical (unpaired) electrons. The number of carbonyl (C=O) groups is 1. The number of rotatable bonds is 7. The van der Waals surface area contributed by atoms with Crippen molar-refractivity contribution in [3.8, 4) is 11.5 Å². The normalized spacial score (nSPS) is 24.0. The summed E-state index contributed by atoms with van der Waals surface area (Å²) in [4.78, 5) is 14.9. The molecule has 6 nitrogen and oxygen atoms in total. The Morgan fingerprint density at radius 1 is 1.19 bits per heavy atom. The second-order valence-electron chi connectivity index (χ2n) is 9.61. The monoisotopic (exact) mass is 525 g/mol. The summed E-state index contributed by atoms with van der Waals surface area (Å²) in [5.41, 5.74) is -1.11. The lowest BCUT2D eigenvalue weighted by Crippen LogP contribution is -2.53. The molecule has 2 fully saturated rings. The van der Waals surface area contributed by atoms with Crippen LogP contribution in [0.3, 0.4) is 0 Å². The third-order valence-corrected chi connectivity index (χ3v) is 6.66. The molecule has 2 aromatic rings. The van der Waals surface area contributed by atoms with Gasteiger partial charge < -0.3 is 23.8 Å². The van der Waals surface area contributed by atoms with Crippen LogP contribution in [0.4, 0.5) is 22.0 Å². The van der Waals surface area contributed by atoms with Crippen LogP contribution in [0.2, 0.25) is 0 Å².